The second kappa shape index (κ2) is 13.5. The van der Waals surface area contributed by atoms with Crippen LogP contribution in [0.3, 0.4) is 0 Å². The van der Waals surface area contributed by atoms with Crippen LogP contribution in [0.5, 0.6) is 0 Å². The summed E-state index contributed by atoms with van der Waals surface area (Å²) in [5.41, 5.74) is 2.58. The zero-order valence-electron chi connectivity index (χ0n) is 22.9. The molecule has 0 aliphatic carbocycles. The molecule has 0 saturated carbocycles. The molecule has 2 unspecified atom stereocenters. The number of oxazole rings is 1. The Kier molecular flexibility index (Phi) is 9.38. The minimum Gasteiger partial charge on any atom is -0.434 e. The van der Waals surface area contributed by atoms with Crippen LogP contribution >= 0.6 is 11.3 Å². The van der Waals surface area contributed by atoms with Crippen molar-refractivity contribution in [3.05, 3.63) is 119 Å². The first kappa shape index (κ1) is 29.8. The molecule has 2 atom stereocenters. The van der Waals surface area contributed by atoms with E-state index in [1.54, 1.807) is 65.4 Å². The maximum atomic E-state index is 13.6. The highest BCUT2D eigenvalue weighted by Crippen LogP contribution is 2.26. The van der Waals surface area contributed by atoms with E-state index in [0.29, 0.717) is 22.2 Å². The van der Waals surface area contributed by atoms with Gasteiger partial charge in [-0.25, -0.2) is 13.4 Å². The van der Waals surface area contributed by atoms with Crippen LogP contribution in [0.1, 0.15) is 44.5 Å². The van der Waals surface area contributed by atoms with Crippen molar-refractivity contribution in [3.8, 4) is 0 Å². The van der Waals surface area contributed by atoms with E-state index in [1.165, 1.54) is 35.9 Å². The van der Waals surface area contributed by atoms with Gasteiger partial charge in [-0.15, -0.1) is 0 Å². The lowest BCUT2D eigenvalue weighted by Crippen LogP contribution is -2.48. The lowest BCUT2D eigenvalue weighted by Gasteiger charge is -2.19. The summed E-state index contributed by atoms with van der Waals surface area (Å²) in [6.07, 6.45) is 3.05. The first-order valence-electron chi connectivity index (χ1n) is 13.4. The molecule has 5 aromatic rings. The van der Waals surface area contributed by atoms with Crippen molar-refractivity contribution in [1.29, 1.82) is 0 Å². The lowest BCUT2D eigenvalue weighted by atomic mass is 9.91. The Morgan fingerprint density at radius 1 is 0.907 bits per heavy atom. The minimum atomic E-state index is -4.02. The summed E-state index contributed by atoms with van der Waals surface area (Å²) in [5.74, 6) is -2.77. The number of nitrogens with one attached hydrogen (secondary N) is 2. The molecule has 2 amide bonds. The number of thiophene rings is 1. The standard InChI is InChI=1S/C31H28N4O6S2/c36-28(31-35-25-8-4-5-9-26(25)41-31)24(22-6-2-1-3-7-22)12-16-33-30(38)27(43(39,40)20-21-13-17-42-19-21)18-34-29(37)23-10-14-32-15-11-23/h1-11,13-15,17,19,24,27H,12,16,18,20H2,(H,33,38)(H,34,37). The Morgan fingerprint density at radius 2 is 1.65 bits per heavy atom. The molecule has 3 aromatic heterocycles. The molecule has 3 heterocycles. The Hall–Kier alpha value is -4.68. The number of Topliss-reactive ketones (excluding diaryl/α,β-unsaturated/α-hetero) is 1. The molecule has 0 radical (unpaired) electrons. The third-order valence-corrected chi connectivity index (χ3v) is 9.54. The number of amides is 2. The molecule has 2 N–H and O–H groups in total. The van der Waals surface area contributed by atoms with E-state index in [2.05, 4.69) is 20.6 Å². The van der Waals surface area contributed by atoms with Crippen LogP contribution in [0.2, 0.25) is 0 Å². The fourth-order valence-electron chi connectivity index (χ4n) is 4.60. The van der Waals surface area contributed by atoms with Crippen molar-refractivity contribution in [1.82, 2.24) is 20.6 Å². The van der Waals surface area contributed by atoms with Crippen LogP contribution < -0.4 is 10.6 Å². The van der Waals surface area contributed by atoms with Gasteiger partial charge in [0.25, 0.3) is 11.8 Å². The summed E-state index contributed by atoms with van der Waals surface area (Å²) in [6.45, 7) is -0.434. The number of nitrogens with zero attached hydrogens (tertiary/aromatic N) is 2. The molecule has 12 heteroatoms. The Morgan fingerprint density at radius 3 is 2.37 bits per heavy atom. The van der Waals surface area contributed by atoms with Gasteiger partial charge in [-0.1, -0.05) is 42.5 Å². The van der Waals surface area contributed by atoms with E-state index < -0.39 is 39.4 Å². The summed E-state index contributed by atoms with van der Waals surface area (Å²) in [6, 6.07) is 20.7. The first-order chi connectivity index (χ1) is 20.8. The number of hydrogen-bond acceptors (Lipinski definition) is 9. The van der Waals surface area contributed by atoms with E-state index >= 15 is 0 Å². The number of fused-ring (bicyclic) bond motifs is 1. The summed E-state index contributed by atoms with van der Waals surface area (Å²) < 4.78 is 32.5. The fraction of sp³-hybridized carbons (Fsp3) is 0.194. The van der Waals surface area contributed by atoms with Crippen molar-refractivity contribution in [3.63, 3.8) is 0 Å². The highest BCUT2D eigenvalue weighted by molar-refractivity contribution is 7.92. The maximum absolute atomic E-state index is 13.6. The van der Waals surface area contributed by atoms with Crippen LogP contribution in [0.15, 0.2) is 100 Å². The summed E-state index contributed by atoms with van der Waals surface area (Å²) in [5, 5.41) is 7.15. The Balaban J connectivity index is 1.31. The van der Waals surface area contributed by atoms with Gasteiger partial charge in [0, 0.05) is 31.0 Å². The minimum absolute atomic E-state index is 0.00681. The van der Waals surface area contributed by atoms with Crippen LogP contribution in [0.25, 0.3) is 11.1 Å². The van der Waals surface area contributed by atoms with Gasteiger partial charge in [0.15, 0.2) is 20.7 Å². The zero-order chi connectivity index (χ0) is 30.2. The van der Waals surface area contributed by atoms with Gasteiger partial charge >= 0.3 is 0 Å². The van der Waals surface area contributed by atoms with Crippen molar-refractivity contribution in [2.24, 2.45) is 0 Å². The number of pyridine rings is 1. The van der Waals surface area contributed by atoms with Crippen LogP contribution in [-0.4, -0.2) is 54.3 Å². The molecule has 0 bridgehead atoms. The van der Waals surface area contributed by atoms with Crippen LogP contribution in [0.4, 0.5) is 0 Å². The van der Waals surface area contributed by atoms with Gasteiger partial charge in [-0.3, -0.25) is 19.4 Å². The van der Waals surface area contributed by atoms with Crippen molar-refractivity contribution < 1.29 is 27.2 Å². The number of para-hydroxylation sites is 2. The molecule has 0 fully saturated rings. The number of hydrogen-bond donors (Lipinski definition) is 2. The maximum Gasteiger partial charge on any atom is 0.264 e. The van der Waals surface area contributed by atoms with Crippen molar-refractivity contribution in [2.75, 3.05) is 13.1 Å². The van der Waals surface area contributed by atoms with Crippen LogP contribution in [-0.2, 0) is 20.4 Å². The number of sulfone groups is 1. The van der Waals surface area contributed by atoms with E-state index in [0.717, 1.165) is 0 Å². The second-order valence-electron chi connectivity index (χ2n) is 9.77. The normalized spacial score (nSPS) is 12.8. The third-order valence-electron chi connectivity index (χ3n) is 6.82. The number of carbonyl (C=O) groups is 3. The van der Waals surface area contributed by atoms with Crippen molar-refractivity contribution in [2.45, 2.75) is 23.3 Å². The largest absolute Gasteiger partial charge is 0.434 e. The first-order valence-corrected chi connectivity index (χ1v) is 16.1. The van der Waals surface area contributed by atoms with E-state index in [9.17, 15) is 22.8 Å². The SMILES string of the molecule is O=C(NCC(C(=O)NCCC(C(=O)c1nc2ccccc2o1)c1ccccc1)S(=O)(=O)Cc1ccsc1)c1ccncc1. The number of ketones is 1. The highest BCUT2D eigenvalue weighted by atomic mass is 32.2. The number of carbonyl (C=O) groups excluding carboxylic acids is 3. The Bertz CT molecular complexity index is 1770. The zero-order valence-corrected chi connectivity index (χ0v) is 24.5. The quantitative estimate of drug-likeness (QED) is 0.187. The molecule has 10 nitrogen and oxygen atoms in total. The number of aromatic nitrogens is 2. The summed E-state index contributed by atoms with van der Waals surface area (Å²) in [7, 11) is -4.02. The third kappa shape index (κ3) is 7.40. The monoisotopic (exact) mass is 616 g/mol. The molecular formula is C31H28N4O6S2. The van der Waals surface area contributed by atoms with Crippen LogP contribution in [0, 0.1) is 0 Å². The molecule has 0 spiro atoms. The number of benzene rings is 2. The van der Waals surface area contributed by atoms with Crippen molar-refractivity contribution >= 4 is 49.9 Å². The number of rotatable bonds is 13. The molecule has 5 rings (SSSR count). The van der Waals surface area contributed by atoms with Gasteiger partial charge in [0.2, 0.25) is 11.7 Å². The average molecular weight is 617 g/mol. The highest BCUT2D eigenvalue weighted by Gasteiger charge is 2.34. The molecule has 0 saturated heterocycles. The fourth-order valence-corrected chi connectivity index (χ4v) is 6.96. The molecule has 220 valence electrons. The molecule has 0 aliphatic heterocycles. The average Bonchev–Trinajstić information content (AvgIpc) is 3.69. The topological polar surface area (TPSA) is 148 Å². The Labute approximate surface area is 252 Å². The van der Waals surface area contributed by atoms with Gasteiger partial charge in [0.1, 0.15) is 5.52 Å². The molecule has 0 aliphatic rings. The summed E-state index contributed by atoms with van der Waals surface area (Å²) >= 11 is 1.35. The van der Waals surface area contributed by atoms with Gasteiger partial charge in [-0.2, -0.15) is 11.3 Å². The second-order valence-corrected chi connectivity index (χ2v) is 12.7. The van der Waals surface area contributed by atoms with Gasteiger partial charge in [-0.05, 0) is 58.6 Å². The van der Waals surface area contributed by atoms with E-state index in [1.807, 2.05) is 6.07 Å². The van der Waals surface area contributed by atoms with E-state index in [4.69, 9.17) is 4.42 Å². The van der Waals surface area contributed by atoms with E-state index in [-0.39, 0.29) is 36.0 Å². The summed E-state index contributed by atoms with van der Waals surface area (Å²) in [4.78, 5) is 47.8. The smallest absolute Gasteiger partial charge is 0.264 e. The predicted octanol–water partition coefficient (Wildman–Crippen LogP) is 4.17. The lowest BCUT2D eigenvalue weighted by molar-refractivity contribution is -0.120. The molecule has 2 aromatic carbocycles. The predicted molar refractivity (Wildman–Crippen MR) is 162 cm³/mol. The van der Waals surface area contributed by atoms with Gasteiger partial charge < -0.3 is 15.1 Å². The van der Waals surface area contributed by atoms with Gasteiger partial charge in [0.05, 0.1) is 11.7 Å². The molecule has 43 heavy (non-hydrogen) atoms. The molecular weight excluding hydrogens is 588 g/mol.